The van der Waals surface area contributed by atoms with E-state index in [1.165, 1.54) is 5.56 Å². The van der Waals surface area contributed by atoms with Gasteiger partial charge in [-0.3, -0.25) is 0 Å². The van der Waals surface area contributed by atoms with Crippen LogP contribution in [0.4, 0.5) is 0 Å². The molecule has 1 aliphatic rings. The first-order chi connectivity index (χ1) is 8.88. The van der Waals surface area contributed by atoms with Crippen LogP contribution in [0, 0.1) is 0 Å². The molecule has 1 aliphatic heterocycles. The summed E-state index contributed by atoms with van der Waals surface area (Å²) in [5.41, 5.74) is 1.26. The van der Waals surface area contributed by atoms with Gasteiger partial charge in [0.25, 0.3) is 0 Å². The van der Waals surface area contributed by atoms with Crippen LogP contribution in [-0.4, -0.2) is 11.5 Å². The Kier molecular flexibility index (Phi) is 3.30. The molecular weight excluding hydrogens is 244 g/mol. The molecule has 2 unspecified atom stereocenters. The van der Waals surface area contributed by atoms with Gasteiger partial charge in [-0.25, -0.2) is 4.98 Å². The molecule has 0 bridgehead atoms. The SMILES string of the molecule is CCNC1CC(c2nccs2)Oc2ccccc21. The predicted molar refractivity (Wildman–Crippen MR) is 73.0 cm³/mol. The number of aromatic nitrogens is 1. The Hall–Kier alpha value is -1.39. The highest BCUT2D eigenvalue weighted by Gasteiger charge is 2.29. The molecule has 3 nitrogen and oxygen atoms in total. The van der Waals surface area contributed by atoms with Crippen LogP contribution in [0.2, 0.25) is 0 Å². The Morgan fingerprint density at radius 3 is 3.11 bits per heavy atom. The van der Waals surface area contributed by atoms with Crippen LogP contribution in [0.1, 0.15) is 36.1 Å². The van der Waals surface area contributed by atoms with Gasteiger partial charge in [0, 0.05) is 29.6 Å². The van der Waals surface area contributed by atoms with Crippen molar-refractivity contribution in [2.45, 2.75) is 25.5 Å². The quantitative estimate of drug-likeness (QED) is 0.919. The van der Waals surface area contributed by atoms with Gasteiger partial charge >= 0.3 is 0 Å². The minimum absolute atomic E-state index is 0.0731. The molecule has 2 heterocycles. The topological polar surface area (TPSA) is 34.2 Å². The molecule has 1 N–H and O–H groups in total. The fraction of sp³-hybridized carbons (Fsp3) is 0.357. The van der Waals surface area contributed by atoms with Crippen molar-refractivity contribution in [3.63, 3.8) is 0 Å². The van der Waals surface area contributed by atoms with Crippen molar-refractivity contribution in [3.8, 4) is 5.75 Å². The second-order valence-electron chi connectivity index (χ2n) is 4.36. The first-order valence-corrected chi connectivity index (χ1v) is 7.14. The van der Waals surface area contributed by atoms with Gasteiger partial charge in [0.1, 0.15) is 10.8 Å². The molecule has 1 aromatic heterocycles. The van der Waals surface area contributed by atoms with Crippen molar-refractivity contribution < 1.29 is 4.74 Å². The van der Waals surface area contributed by atoms with Gasteiger partial charge in [-0.2, -0.15) is 0 Å². The Bertz CT molecular complexity index is 512. The number of benzene rings is 1. The molecule has 0 saturated heterocycles. The van der Waals surface area contributed by atoms with E-state index < -0.39 is 0 Å². The van der Waals surface area contributed by atoms with Crippen molar-refractivity contribution in [1.82, 2.24) is 10.3 Å². The smallest absolute Gasteiger partial charge is 0.152 e. The van der Waals surface area contributed by atoms with Gasteiger partial charge in [-0.05, 0) is 12.6 Å². The molecule has 0 spiro atoms. The third-order valence-electron chi connectivity index (χ3n) is 3.19. The normalized spacial score (nSPS) is 22.3. The van der Waals surface area contributed by atoms with Gasteiger partial charge in [-0.1, -0.05) is 25.1 Å². The van der Waals surface area contributed by atoms with Crippen LogP contribution < -0.4 is 10.1 Å². The van der Waals surface area contributed by atoms with Crippen molar-refractivity contribution in [1.29, 1.82) is 0 Å². The minimum atomic E-state index is 0.0731. The second-order valence-corrected chi connectivity index (χ2v) is 5.29. The molecule has 3 rings (SSSR count). The first-order valence-electron chi connectivity index (χ1n) is 6.27. The van der Waals surface area contributed by atoms with Crippen LogP contribution in [0.25, 0.3) is 0 Å². The number of rotatable bonds is 3. The molecule has 0 amide bonds. The summed E-state index contributed by atoms with van der Waals surface area (Å²) < 4.78 is 6.06. The Balaban J connectivity index is 1.92. The van der Waals surface area contributed by atoms with E-state index in [-0.39, 0.29) is 6.10 Å². The zero-order valence-corrected chi connectivity index (χ0v) is 11.1. The van der Waals surface area contributed by atoms with Crippen LogP contribution >= 0.6 is 11.3 Å². The van der Waals surface area contributed by atoms with E-state index in [1.54, 1.807) is 11.3 Å². The third kappa shape index (κ3) is 2.13. The lowest BCUT2D eigenvalue weighted by atomic mass is 9.96. The van der Waals surface area contributed by atoms with Gasteiger partial charge in [0.2, 0.25) is 0 Å². The van der Waals surface area contributed by atoms with Crippen LogP contribution in [-0.2, 0) is 0 Å². The van der Waals surface area contributed by atoms with E-state index in [4.69, 9.17) is 4.74 Å². The number of fused-ring (bicyclic) bond motifs is 1. The molecule has 1 aromatic carbocycles. The Morgan fingerprint density at radius 1 is 1.44 bits per heavy atom. The summed E-state index contributed by atoms with van der Waals surface area (Å²) >= 11 is 1.66. The van der Waals surface area contributed by atoms with Crippen molar-refractivity contribution in [2.75, 3.05) is 6.54 Å². The first kappa shape index (κ1) is 11.7. The summed E-state index contributed by atoms with van der Waals surface area (Å²) in [5.74, 6) is 0.981. The lowest BCUT2D eigenvalue weighted by Crippen LogP contribution is -2.28. The standard InChI is InChI=1S/C14H16N2OS/c1-2-15-11-9-13(14-16-7-8-18-14)17-12-6-4-3-5-10(11)12/h3-8,11,13,15H,2,9H2,1H3. The number of ether oxygens (including phenoxy) is 1. The molecule has 2 aromatic rings. The number of hydrogen-bond acceptors (Lipinski definition) is 4. The number of para-hydroxylation sites is 1. The van der Waals surface area contributed by atoms with E-state index in [0.29, 0.717) is 6.04 Å². The largest absolute Gasteiger partial charge is 0.483 e. The summed E-state index contributed by atoms with van der Waals surface area (Å²) in [6.45, 7) is 3.10. The van der Waals surface area contributed by atoms with Crippen molar-refractivity contribution in [3.05, 3.63) is 46.4 Å². The van der Waals surface area contributed by atoms with Gasteiger partial charge in [0.15, 0.2) is 6.10 Å². The molecule has 94 valence electrons. The van der Waals surface area contributed by atoms with Crippen molar-refractivity contribution in [2.24, 2.45) is 0 Å². The monoisotopic (exact) mass is 260 g/mol. The summed E-state index contributed by atoms with van der Waals surface area (Å²) in [7, 11) is 0. The predicted octanol–water partition coefficient (Wildman–Crippen LogP) is 3.32. The molecular formula is C14H16N2OS. The Morgan fingerprint density at radius 2 is 2.33 bits per heavy atom. The Labute approximate surface area is 111 Å². The van der Waals surface area contributed by atoms with E-state index in [0.717, 1.165) is 23.7 Å². The molecule has 0 fully saturated rings. The molecule has 0 saturated carbocycles. The average molecular weight is 260 g/mol. The highest BCUT2D eigenvalue weighted by atomic mass is 32.1. The highest BCUT2D eigenvalue weighted by Crippen LogP contribution is 2.40. The minimum Gasteiger partial charge on any atom is -0.483 e. The lowest BCUT2D eigenvalue weighted by molar-refractivity contribution is 0.152. The van der Waals surface area contributed by atoms with Crippen molar-refractivity contribution >= 4 is 11.3 Å². The lowest BCUT2D eigenvalue weighted by Gasteiger charge is -2.31. The van der Waals surface area contributed by atoms with E-state index in [9.17, 15) is 0 Å². The van der Waals surface area contributed by atoms with Gasteiger partial charge in [-0.15, -0.1) is 11.3 Å². The van der Waals surface area contributed by atoms with E-state index in [2.05, 4.69) is 29.4 Å². The molecule has 0 radical (unpaired) electrons. The average Bonchev–Trinajstić information content (AvgIpc) is 2.93. The maximum atomic E-state index is 6.06. The maximum Gasteiger partial charge on any atom is 0.152 e. The van der Waals surface area contributed by atoms with Crippen LogP contribution in [0.3, 0.4) is 0 Å². The molecule has 0 aliphatic carbocycles. The van der Waals surface area contributed by atoms with Gasteiger partial charge in [0.05, 0.1) is 0 Å². The zero-order chi connectivity index (χ0) is 12.4. The van der Waals surface area contributed by atoms with Crippen LogP contribution in [0.5, 0.6) is 5.75 Å². The third-order valence-corrected chi connectivity index (χ3v) is 4.06. The molecule has 4 heteroatoms. The molecule has 18 heavy (non-hydrogen) atoms. The summed E-state index contributed by atoms with van der Waals surface area (Å²) in [4.78, 5) is 4.37. The fourth-order valence-electron chi connectivity index (χ4n) is 2.40. The van der Waals surface area contributed by atoms with E-state index >= 15 is 0 Å². The fourth-order valence-corrected chi connectivity index (χ4v) is 3.08. The highest BCUT2D eigenvalue weighted by molar-refractivity contribution is 7.09. The summed E-state index contributed by atoms with van der Waals surface area (Å²) in [5, 5.41) is 6.59. The number of thiazole rings is 1. The maximum absolute atomic E-state index is 6.06. The van der Waals surface area contributed by atoms with E-state index in [1.807, 2.05) is 23.7 Å². The zero-order valence-electron chi connectivity index (χ0n) is 10.3. The van der Waals surface area contributed by atoms with Gasteiger partial charge < -0.3 is 10.1 Å². The summed E-state index contributed by atoms with van der Waals surface area (Å²) in [6.07, 6.45) is 2.86. The summed E-state index contributed by atoms with van der Waals surface area (Å²) in [6, 6.07) is 8.62. The number of nitrogens with one attached hydrogen (secondary N) is 1. The number of hydrogen-bond donors (Lipinski definition) is 1. The molecule has 2 atom stereocenters. The number of nitrogens with zero attached hydrogens (tertiary/aromatic N) is 1. The second kappa shape index (κ2) is 5.08. The van der Waals surface area contributed by atoms with Crippen LogP contribution in [0.15, 0.2) is 35.8 Å².